The summed E-state index contributed by atoms with van der Waals surface area (Å²) >= 11 is 0. The highest BCUT2D eigenvalue weighted by molar-refractivity contribution is 14.0. The van der Waals surface area contributed by atoms with E-state index in [2.05, 4.69) is 47.3 Å². The molecule has 3 rings (SSSR count). The molecule has 2 aliphatic rings. The standard InChI is InChI=1S/C24H40N4O2.HI/c1-4-25-24(27(2)16-11-20-12-17-30-18-13-20)26-19-22(28-14-7-8-15-28)21-9-5-6-10-23(21)29-3;/h5-6,9-10,20,22H,4,7-8,11-19H2,1-3H3,(H,25,26);1H. The number of halogens is 1. The fourth-order valence-corrected chi connectivity index (χ4v) is 4.57. The molecule has 0 spiro atoms. The Labute approximate surface area is 205 Å². The highest BCUT2D eigenvalue weighted by Crippen LogP contribution is 2.32. The van der Waals surface area contributed by atoms with Gasteiger partial charge in [-0.15, -0.1) is 24.0 Å². The molecule has 31 heavy (non-hydrogen) atoms. The molecule has 2 heterocycles. The number of aliphatic imine (C=N–C) groups is 1. The van der Waals surface area contributed by atoms with E-state index < -0.39 is 0 Å². The van der Waals surface area contributed by atoms with Gasteiger partial charge in [0, 0.05) is 38.9 Å². The third-order valence-corrected chi connectivity index (χ3v) is 6.40. The van der Waals surface area contributed by atoms with Gasteiger partial charge in [0.1, 0.15) is 5.75 Å². The first-order valence-electron chi connectivity index (χ1n) is 11.7. The van der Waals surface area contributed by atoms with E-state index in [0.29, 0.717) is 0 Å². The first-order valence-corrected chi connectivity index (χ1v) is 11.7. The lowest BCUT2D eigenvalue weighted by atomic mass is 9.96. The largest absolute Gasteiger partial charge is 0.496 e. The van der Waals surface area contributed by atoms with Crippen molar-refractivity contribution in [1.29, 1.82) is 0 Å². The van der Waals surface area contributed by atoms with Crippen molar-refractivity contribution in [3.8, 4) is 5.75 Å². The first-order chi connectivity index (χ1) is 14.7. The van der Waals surface area contributed by atoms with E-state index in [0.717, 1.165) is 63.6 Å². The van der Waals surface area contributed by atoms with Crippen LogP contribution in [0, 0.1) is 5.92 Å². The molecule has 1 aromatic carbocycles. The van der Waals surface area contributed by atoms with Gasteiger partial charge in [0.15, 0.2) is 5.96 Å². The number of benzene rings is 1. The Hall–Kier alpha value is -1.06. The van der Waals surface area contributed by atoms with Crippen LogP contribution in [0.25, 0.3) is 0 Å². The van der Waals surface area contributed by atoms with Crippen LogP contribution in [0.3, 0.4) is 0 Å². The zero-order valence-electron chi connectivity index (χ0n) is 19.5. The van der Waals surface area contributed by atoms with E-state index in [1.165, 1.54) is 37.7 Å². The normalized spacial score (nSPS) is 19.0. The Morgan fingerprint density at radius 2 is 1.97 bits per heavy atom. The van der Waals surface area contributed by atoms with Gasteiger partial charge in [0.05, 0.1) is 19.7 Å². The second kappa shape index (κ2) is 14.2. The van der Waals surface area contributed by atoms with E-state index in [1.54, 1.807) is 7.11 Å². The van der Waals surface area contributed by atoms with Gasteiger partial charge < -0.3 is 19.7 Å². The Balaban J connectivity index is 0.00000341. The predicted octanol–water partition coefficient (Wildman–Crippen LogP) is 4.16. The van der Waals surface area contributed by atoms with Gasteiger partial charge in [-0.3, -0.25) is 9.89 Å². The summed E-state index contributed by atoms with van der Waals surface area (Å²) in [5, 5.41) is 3.50. The van der Waals surface area contributed by atoms with Crippen LogP contribution in [0.1, 0.15) is 50.6 Å². The summed E-state index contributed by atoms with van der Waals surface area (Å²) in [7, 11) is 3.92. The average molecular weight is 545 g/mol. The maximum Gasteiger partial charge on any atom is 0.193 e. The van der Waals surface area contributed by atoms with E-state index in [9.17, 15) is 0 Å². The molecular weight excluding hydrogens is 503 g/mol. The molecule has 1 atom stereocenters. The van der Waals surface area contributed by atoms with Crippen LogP contribution in [0.15, 0.2) is 29.3 Å². The summed E-state index contributed by atoms with van der Waals surface area (Å²) in [5.41, 5.74) is 1.24. The maximum atomic E-state index is 5.68. The second-order valence-corrected chi connectivity index (χ2v) is 8.46. The van der Waals surface area contributed by atoms with Crippen LogP contribution in [-0.2, 0) is 4.74 Å². The lowest BCUT2D eigenvalue weighted by Crippen LogP contribution is -2.41. The van der Waals surface area contributed by atoms with Gasteiger partial charge in [-0.05, 0) is 64.1 Å². The molecule has 7 heteroatoms. The van der Waals surface area contributed by atoms with Crippen molar-refractivity contribution in [3.05, 3.63) is 29.8 Å². The van der Waals surface area contributed by atoms with Gasteiger partial charge in [-0.2, -0.15) is 0 Å². The first kappa shape index (κ1) is 26.2. The monoisotopic (exact) mass is 544 g/mol. The number of ether oxygens (including phenoxy) is 2. The summed E-state index contributed by atoms with van der Waals surface area (Å²) in [5.74, 6) is 2.74. The number of hydrogen-bond acceptors (Lipinski definition) is 4. The second-order valence-electron chi connectivity index (χ2n) is 8.46. The molecule has 0 saturated carbocycles. The van der Waals surface area contributed by atoms with Gasteiger partial charge >= 0.3 is 0 Å². The zero-order chi connectivity index (χ0) is 21.2. The molecule has 0 radical (unpaired) electrons. The van der Waals surface area contributed by atoms with E-state index >= 15 is 0 Å². The molecule has 6 nitrogen and oxygen atoms in total. The van der Waals surface area contributed by atoms with Gasteiger partial charge in [-0.25, -0.2) is 0 Å². The number of guanidine groups is 1. The Bertz CT molecular complexity index is 661. The van der Waals surface area contributed by atoms with E-state index in [4.69, 9.17) is 14.5 Å². The molecular formula is C24H41IN4O2. The average Bonchev–Trinajstić information content (AvgIpc) is 3.32. The summed E-state index contributed by atoms with van der Waals surface area (Å²) in [6, 6.07) is 8.66. The summed E-state index contributed by atoms with van der Waals surface area (Å²) in [6.45, 7) is 8.88. The Morgan fingerprint density at radius 3 is 2.65 bits per heavy atom. The van der Waals surface area contributed by atoms with Gasteiger partial charge in [0.25, 0.3) is 0 Å². The van der Waals surface area contributed by atoms with Crippen LogP contribution in [0.5, 0.6) is 5.75 Å². The molecule has 1 unspecified atom stereocenters. The molecule has 176 valence electrons. The van der Waals surface area contributed by atoms with Gasteiger partial charge in [0.2, 0.25) is 0 Å². The molecule has 0 aromatic heterocycles. The van der Waals surface area contributed by atoms with E-state index in [1.807, 2.05) is 6.07 Å². The third-order valence-electron chi connectivity index (χ3n) is 6.40. The van der Waals surface area contributed by atoms with Crippen molar-refractivity contribution in [1.82, 2.24) is 15.1 Å². The highest BCUT2D eigenvalue weighted by Gasteiger charge is 2.26. The fraction of sp³-hybridized carbons (Fsp3) is 0.708. The fourth-order valence-electron chi connectivity index (χ4n) is 4.57. The molecule has 1 N–H and O–H groups in total. The number of hydrogen-bond donors (Lipinski definition) is 1. The third kappa shape index (κ3) is 7.79. The zero-order valence-corrected chi connectivity index (χ0v) is 21.8. The molecule has 2 saturated heterocycles. The van der Waals surface area contributed by atoms with Crippen LogP contribution < -0.4 is 10.1 Å². The van der Waals surface area contributed by atoms with Crippen molar-refractivity contribution >= 4 is 29.9 Å². The predicted molar refractivity (Wildman–Crippen MR) is 139 cm³/mol. The Kier molecular flexibility index (Phi) is 12.0. The topological polar surface area (TPSA) is 49.3 Å². The minimum Gasteiger partial charge on any atom is -0.496 e. The van der Waals surface area contributed by atoms with Crippen molar-refractivity contribution in [2.24, 2.45) is 10.9 Å². The molecule has 1 aromatic rings. The van der Waals surface area contributed by atoms with Crippen LogP contribution in [-0.4, -0.2) is 75.9 Å². The number of nitrogens with one attached hydrogen (secondary N) is 1. The molecule has 2 fully saturated rings. The molecule has 0 bridgehead atoms. The van der Waals surface area contributed by atoms with Gasteiger partial charge in [-0.1, -0.05) is 18.2 Å². The van der Waals surface area contributed by atoms with Crippen LogP contribution >= 0.6 is 24.0 Å². The number of likely N-dealkylation sites (tertiary alicyclic amines) is 1. The van der Waals surface area contributed by atoms with Crippen LogP contribution in [0.2, 0.25) is 0 Å². The minimum absolute atomic E-state index is 0. The smallest absolute Gasteiger partial charge is 0.193 e. The summed E-state index contributed by atoms with van der Waals surface area (Å²) in [6.07, 6.45) is 6.10. The minimum atomic E-state index is 0. The van der Waals surface area contributed by atoms with Crippen molar-refractivity contribution in [2.75, 3.05) is 60.1 Å². The van der Waals surface area contributed by atoms with Crippen molar-refractivity contribution in [3.63, 3.8) is 0 Å². The van der Waals surface area contributed by atoms with Crippen LogP contribution in [0.4, 0.5) is 0 Å². The molecule has 0 amide bonds. The molecule has 0 aliphatic carbocycles. The SMILES string of the molecule is CCNC(=NCC(c1ccccc1OC)N1CCCC1)N(C)CCC1CCOCC1.I. The lowest BCUT2D eigenvalue weighted by molar-refractivity contribution is 0.0625. The number of methoxy groups -OCH3 is 1. The lowest BCUT2D eigenvalue weighted by Gasteiger charge is -2.30. The quantitative estimate of drug-likeness (QED) is 0.288. The van der Waals surface area contributed by atoms with Crippen molar-refractivity contribution < 1.29 is 9.47 Å². The van der Waals surface area contributed by atoms with E-state index in [-0.39, 0.29) is 30.0 Å². The van der Waals surface area contributed by atoms with Crippen molar-refractivity contribution in [2.45, 2.75) is 45.1 Å². The molecule has 2 aliphatic heterocycles. The number of rotatable bonds is 9. The highest BCUT2D eigenvalue weighted by atomic mass is 127. The summed E-state index contributed by atoms with van der Waals surface area (Å²) < 4.78 is 11.2. The number of para-hydroxylation sites is 1. The summed E-state index contributed by atoms with van der Waals surface area (Å²) in [4.78, 5) is 9.94. The number of nitrogens with zero attached hydrogens (tertiary/aromatic N) is 3. The Morgan fingerprint density at radius 1 is 1.26 bits per heavy atom. The maximum absolute atomic E-state index is 5.68.